The molecule has 2 fully saturated rings. The number of carboxylic acid groups (broad SMARTS) is 1. The summed E-state index contributed by atoms with van der Waals surface area (Å²) < 4.78 is 0. The maximum Gasteiger partial charge on any atom is 0.405 e. The molecule has 5 N–H and O–H groups in total. The number of hydrogen-bond acceptors (Lipinski definition) is 5. The van der Waals surface area contributed by atoms with Crippen LogP contribution in [0.5, 0.6) is 0 Å². The van der Waals surface area contributed by atoms with Gasteiger partial charge in [-0.2, -0.15) is 0 Å². The number of carbonyl (C=O) groups is 2. The first-order valence-electron chi connectivity index (χ1n) is 15.7. The van der Waals surface area contributed by atoms with Crippen molar-refractivity contribution < 1.29 is 14.7 Å². The summed E-state index contributed by atoms with van der Waals surface area (Å²) in [5.74, 6) is 13.4. The van der Waals surface area contributed by atoms with Crippen molar-refractivity contribution in [3.8, 4) is 46.1 Å². The Morgan fingerprint density at radius 3 is 2.52 bits per heavy atom. The van der Waals surface area contributed by atoms with Gasteiger partial charge in [0.05, 0.1) is 30.2 Å². The van der Waals surface area contributed by atoms with Crippen LogP contribution < -0.4 is 10.6 Å². The fraction of sp³-hybridized carbons (Fsp3) is 0.333. The fourth-order valence-electron chi connectivity index (χ4n) is 6.16. The number of nitrogens with zero attached hydrogens (tertiary/aromatic N) is 3. The average Bonchev–Trinajstić information content (AvgIpc) is 3.89. The van der Waals surface area contributed by atoms with Crippen LogP contribution in [-0.2, 0) is 4.79 Å². The normalized spacial score (nSPS) is 18.0. The molecule has 0 bridgehead atoms. The maximum absolute atomic E-state index is 13.3. The highest BCUT2D eigenvalue weighted by atomic mass is 16.4. The molecule has 0 radical (unpaired) electrons. The van der Waals surface area contributed by atoms with E-state index < -0.39 is 12.1 Å². The van der Waals surface area contributed by atoms with E-state index in [0.717, 1.165) is 66.0 Å². The standard InChI is InChI=1S/C36H37N7O3/c1-23(2)32(42-36(45)46)35(44)43-19-9-15-31(43)34-38-21-27(40-34)13-7-6-12-25-16-17-26(20-28(25)24-10-4-3-5-11-24)30-22-39-33(41-30)29-14-8-18-37-29/h3-5,10-11,16-17,20-23,29,31-32,37,42H,8-9,14-15,18-19H2,1-2H3,(H,38,40)(H,39,41)(H,45,46)/t29-,31-,32-/m0/s1. The first-order chi connectivity index (χ1) is 22.4. The maximum atomic E-state index is 13.3. The third-order valence-corrected chi connectivity index (χ3v) is 8.52. The van der Waals surface area contributed by atoms with Gasteiger partial charge >= 0.3 is 6.09 Å². The van der Waals surface area contributed by atoms with Crippen molar-refractivity contribution in [1.29, 1.82) is 0 Å². The lowest BCUT2D eigenvalue weighted by molar-refractivity contribution is -0.135. The molecule has 0 spiro atoms. The number of likely N-dealkylation sites (tertiary alicyclic amines) is 1. The Kier molecular flexibility index (Phi) is 9.18. The van der Waals surface area contributed by atoms with Crippen molar-refractivity contribution in [3.05, 3.63) is 83.8 Å². The van der Waals surface area contributed by atoms with Gasteiger partial charge in [0.15, 0.2) is 0 Å². The number of nitrogens with one attached hydrogen (secondary N) is 4. The summed E-state index contributed by atoms with van der Waals surface area (Å²) in [4.78, 5) is 42.1. The molecular formula is C36H37N7O3. The zero-order valence-corrected chi connectivity index (χ0v) is 25.9. The highest BCUT2D eigenvalue weighted by Crippen LogP contribution is 2.32. The van der Waals surface area contributed by atoms with Crippen LogP contribution in [-0.4, -0.2) is 61.1 Å². The molecule has 4 heterocycles. The number of aromatic amines is 2. The lowest BCUT2D eigenvalue weighted by Gasteiger charge is -2.29. The van der Waals surface area contributed by atoms with Crippen molar-refractivity contribution in [2.45, 2.75) is 57.7 Å². The number of carbonyl (C=O) groups excluding carboxylic acids is 1. The van der Waals surface area contributed by atoms with Crippen LogP contribution in [0.25, 0.3) is 22.4 Å². The first-order valence-corrected chi connectivity index (χ1v) is 15.7. The lowest BCUT2D eigenvalue weighted by atomic mass is 9.96. The van der Waals surface area contributed by atoms with Gasteiger partial charge in [0.2, 0.25) is 5.91 Å². The number of imidazole rings is 2. The predicted molar refractivity (Wildman–Crippen MR) is 175 cm³/mol. The molecule has 0 saturated carbocycles. The molecule has 4 aromatic rings. The summed E-state index contributed by atoms with van der Waals surface area (Å²) >= 11 is 0. The Morgan fingerprint density at radius 1 is 0.957 bits per heavy atom. The van der Waals surface area contributed by atoms with E-state index in [1.54, 1.807) is 11.1 Å². The summed E-state index contributed by atoms with van der Waals surface area (Å²) in [7, 11) is 0. The molecule has 2 aromatic carbocycles. The van der Waals surface area contributed by atoms with Crippen LogP contribution in [0.3, 0.4) is 0 Å². The summed E-state index contributed by atoms with van der Waals surface area (Å²) in [6, 6.07) is 15.6. The molecule has 2 aliphatic rings. The Labute approximate surface area is 268 Å². The lowest BCUT2D eigenvalue weighted by Crippen LogP contribution is -2.50. The predicted octanol–water partition coefficient (Wildman–Crippen LogP) is 5.25. The van der Waals surface area contributed by atoms with Crippen molar-refractivity contribution in [1.82, 2.24) is 35.5 Å². The van der Waals surface area contributed by atoms with Crippen LogP contribution in [0.15, 0.2) is 60.9 Å². The largest absolute Gasteiger partial charge is 0.465 e. The number of rotatable bonds is 7. The second-order valence-corrected chi connectivity index (χ2v) is 12.0. The molecule has 234 valence electrons. The van der Waals surface area contributed by atoms with E-state index in [4.69, 9.17) is 0 Å². The van der Waals surface area contributed by atoms with Crippen molar-refractivity contribution in [3.63, 3.8) is 0 Å². The zero-order valence-electron chi connectivity index (χ0n) is 25.9. The van der Waals surface area contributed by atoms with Gasteiger partial charge in [-0.3, -0.25) is 4.79 Å². The third-order valence-electron chi connectivity index (χ3n) is 8.52. The van der Waals surface area contributed by atoms with Crippen LogP contribution in [0.4, 0.5) is 4.79 Å². The molecule has 10 heteroatoms. The van der Waals surface area contributed by atoms with E-state index in [-0.39, 0.29) is 23.9 Å². The molecule has 2 amide bonds. The van der Waals surface area contributed by atoms with Crippen LogP contribution in [0, 0.1) is 29.6 Å². The Balaban J connectivity index is 1.20. The Bertz CT molecular complexity index is 1830. The summed E-state index contributed by atoms with van der Waals surface area (Å²) in [6.07, 6.45) is 6.11. The minimum atomic E-state index is -1.21. The second-order valence-electron chi connectivity index (χ2n) is 12.0. The highest BCUT2D eigenvalue weighted by molar-refractivity contribution is 5.86. The minimum absolute atomic E-state index is 0.183. The van der Waals surface area contributed by atoms with Gasteiger partial charge in [-0.05, 0) is 79.2 Å². The number of benzene rings is 2. The third kappa shape index (κ3) is 6.83. The number of aromatic nitrogens is 4. The fourth-order valence-corrected chi connectivity index (χ4v) is 6.16. The van der Waals surface area contributed by atoms with Crippen molar-refractivity contribution in [2.24, 2.45) is 5.92 Å². The van der Waals surface area contributed by atoms with Gasteiger partial charge < -0.3 is 30.6 Å². The molecule has 2 aromatic heterocycles. The second kappa shape index (κ2) is 13.8. The molecule has 46 heavy (non-hydrogen) atoms. The summed E-state index contributed by atoms with van der Waals surface area (Å²) in [5, 5.41) is 15.1. The summed E-state index contributed by atoms with van der Waals surface area (Å²) in [6.45, 7) is 5.21. The summed E-state index contributed by atoms with van der Waals surface area (Å²) in [5.41, 5.74) is 5.53. The SMILES string of the molecule is CC(C)[C@H](NC(=O)O)C(=O)N1CCC[C@H]1c1ncc(C#CC#Cc2ccc(-c3cnc([C@@H]4CCCN4)[nH]3)cc2-c2ccccc2)[nH]1. The van der Waals surface area contributed by atoms with Crippen molar-refractivity contribution in [2.75, 3.05) is 13.1 Å². The van der Waals surface area contributed by atoms with Crippen molar-refractivity contribution >= 4 is 12.0 Å². The Hall–Kier alpha value is -5.32. The van der Waals surface area contributed by atoms with Gasteiger partial charge in [0.25, 0.3) is 0 Å². The van der Waals surface area contributed by atoms with Crippen LogP contribution in [0.1, 0.15) is 74.5 Å². The highest BCUT2D eigenvalue weighted by Gasteiger charge is 2.37. The van der Waals surface area contributed by atoms with E-state index in [1.807, 2.05) is 44.3 Å². The zero-order chi connectivity index (χ0) is 32.0. The van der Waals surface area contributed by atoms with Gasteiger partial charge in [0.1, 0.15) is 23.4 Å². The molecule has 10 nitrogen and oxygen atoms in total. The topological polar surface area (TPSA) is 139 Å². The molecule has 6 rings (SSSR count). The molecule has 0 aliphatic carbocycles. The monoisotopic (exact) mass is 615 g/mol. The molecule has 2 saturated heterocycles. The Morgan fingerprint density at radius 2 is 1.76 bits per heavy atom. The molecular weight excluding hydrogens is 578 g/mol. The van der Waals surface area contributed by atoms with Crippen LogP contribution >= 0.6 is 0 Å². The number of amides is 2. The molecule has 3 atom stereocenters. The van der Waals surface area contributed by atoms with E-state index in [2.05, 4.69) is 78.5 Å². The van der Waals surface area contributed by atoms with Gasteiger partial charge in [0, 0.05) is 17.7 Å². The van der Waals surface area contributed by atoms with Gasteiger partial charge in [-0.25, -0.2) is 14.8 Å². The van der Waals surface area contributed by atoms with Gasteiger partial charge in [-0.1, -0.05) is 56.2 Å². The molecule has 0 unspecified atom stereocenters. The van der Waals surface area contributed by atoms with E-state index in [9.17, 15) is 14.7 Å². The molecule has 2 aliphatic heterocycles. The van der Waals surface area contributed by atoms with E-state index in [0.29, 0.717) is 18.1 Å². The average molecular weight is 616 g/mol. The quantitative estimate of drug-likeness (QED) is 0.180. The van der Waals surface area contributed by atoms with E-state index in [1.165, 1.54) is 0 Å². The first kappa shape index (κ1) is 30.7. The van der Waals surface area contributed by atoms with Crippen LogP contribution in [0.2, 0.25) is 0 Å². The van der Waals surface area contributed by atoms with E-state index >= 15 is 0 Å². The number of H-pyrrole nitrogens is 2. The minimum Gasteiger partial charge on any atom is -0.465 e. The number of hydrogen-bond donors (Lipinski definition) is 5. The van der Waals surface area contributed by atoms with Gasteiger partial charge in [-0.15, -0.1) is 0 Å². The smallest absolute Gasteiger partial charge is 0.405 e.